The third kappa shape index (κ3) is 3.56. The summed E-state index contributed by atoms with van der Waals surface area (Å²) >= 11 is 1.61. The molecule has 21 heavy (non-hydrogen) atoms. The normalized spacial score (nSPS) is 15.0. The van der Waals surface area contributed by atoms with Crippen molar-refractivity contribution >= 4 is 23.1 Å². The lowest BCUT2D eigenvalue weighted by Gasteiger charge is -2.27. The average molecular weight is 304 g/mol. The highest BCUT2D eigenvalue weighted by molar-refractivity contribution is 7.09. The van der Waals surface area contributed by atoms with Crippen molar-refractivity contribution in [2.75, 3.05) is 31.2 Å². The van der Waals surface area contributed by atoms with Gasteiger partial charge in [0, 0.05) is 18.0 Å². The number of thiophene rings is 1. The first-order valence-corrected chi connectivity index (χ1v) is 7.68. The number of anilines is 1. The molecule has 0 aliphatic carbocycles. The van der Waals surface area contributed by atoms with Crippen molar-refractivity contribution in [3.63, 3.8) is 0 Å². The summed E-state index contributed by atoms with van der Waals surface area (Å²) in [7, 11) is 0. The second-order valence-electron chi connectivity index (χ2n) is 4.64. The molecule has 0 spiro atoms. The summed E-state index contributed by atoms with van der Waals surface area (Å²) in [6, 6.07) is 7.49. The minimum absolute atomic E-state index is 0.204. The molecule has 0 saturated carbocycles. The van der Waals surface area contributed by atoms with E-state index < -0.39 is 0 Å². The van der Waals surface area contributed by atoms with Crippen LogP contribution >= 0.6 is 11.3 Å². The Kier molecular flexibility index (Phi) is 4.42. The van der Waals surface area contributed by atoms with Crippen LogP contribution in [-0.2, 0) is 11.3 Å². The maximum Gasteiger partial charge on any atom is 0.272 e. The molecule has 6 nitrogen and oxygen atoms in total. The van der Waals surface area contributed by atoms with Gasteiger partial charge in [-0.05, 0) is 23.6 Å². The summed E-state index contributed by atoms with van der Waals surface area (Å²) < 4.78 is 5.30. The fourth-order valence-electron chi connectivity index (χ4n) is 2.08. The van der Waals surface area contributed by atoms with Gasteiger partial charge in [0.15, 0.2) is 11.5 Å². The molecule has 1 saturated heterocycles. The van der Waals surface area contributed by atoms with E-state index in [1.54, 1.807) is 17.4 Å². The van der Waals surface area contributed by atoms with Gasteiger partial charge in [0.1, 0.15) is 0 Å². The molecule has 0 aromatic carbocycles. The van der Waals surface area contributed by atoms with Crippen molar-refractivity contribution < 1.29 is 9.53 Å². The molecular weight excluding hydrogens is 288 g/mol. The molecule has 110 valence electrons. The fourth-order valence-corrected chi connectivity index (χ4v) is 2.72. The van der Waals surface area contributed by atoms with E-state index in [4.69, 9.17) is 4.74 Å². The SMILES string of the molecule is O=C(NCc1cccs1)c1ccc(N2CCOCC2)nn1. The number of carbonyl (C=O) groups is 1. The van der Waals surface area contributed by atoms with Crippen molar-refractivity contribution in [2.45, 2.75) is 6.54 Å². The van der Waals surface area contributed by atoms with E-state index in [0.29, 0.717) is 25.5 Å². The zero-order valence-electron chi connectivity index (χ0n) is 11.5. The molecule has 3 heterocycles. The topological polar surface area (TPSA) is 67.4 Å². The second-order valence-corrected chi connectivity index (χ2v) is 5.67. The van der Waals surface area contributed by atoms with Crippen molar-refractivity contribution in [3.8, 4) is 0 Å². The molecule has 0 radical (unpaired) electrons. The third-order valence-corrected chi connectivity index (χ3v) is 4.10. The van der Waals surface area contributed by atoms with E-state index in [1.807, 2.05) is 23.6 Å². The average Bonchev–Trinajstić information content (AvgIpc) is 3.07. The molecule has 1 N–H and O–H groups in total. The van der Waals surface area contributed by atoms with Gasteiger partial charge in [-0.3, -0.25) is 4.79 Å². The number of aromatic nitrogens is 2. The second kappa shape index (κ2) is 6.64. The van der Waals surface area contributed by atoms with E-state index in [-0.39, 0.29) is 5.91 Å². The van der Waals surface area contributed by atoms with Gasteiger partial charge in [-0.2, -0.15) is 0 Å². The first-order chi connectivity index (χ1) is 10.3. The number of rotatable bonds is 4. The zero-order chi connectivity index (χ0) is 14.5. The van der Waals surface area contributed by atoms with Gasteiger partial charge in [0.2, 0.25) is 0 Å². The van der Waals surface area contributed by atoms with Crippen LogP contribution in [0.2, 0.25) is 0 Å². The Hall–Kier alpha value is -1.99. The Morgan fingerprint density at radius 3 is 2.81 bits per heavy atom. The smallest absolute Gasteiger partial charge is 0.272 e. The first-order valence-electron chi connectivity index (χ1n) is 6.80. The quantitative estimate of drug-likeness (QED) is 0.922. The predicted molar refractivity (Wildman–Crippen MR) is 80.6 cm³/mol. The number of nitrogens with zero attached hydrogens (tertiary/aromatic N) is 3. The molecular formula is C14H16N4O2S. The van der Waals surface area contributed by atoms with Crippen LogP contribution in [0, 0.1) is 0 Å². The zero-order valence-corrected chi connectivity index (χ0v) is 12.3. The van der Waals surface area contributed by atoms with Gasteiger partial charge in [0.25, 0.3) is 5.91 Å². The lowest BCUT2D eigenvalue weighted by Crippen LogP contribution is -2.37. The van der Waals surface area contributed by atoms with Crippen molar-refractivity contribution in [3.05, 3.63) is 40.2 Å². The number of ether oxygens (including phenoxy) is 1. The highest BCUT2D eigenvalue weighted by Gasteiger charge is 2.14. The van der Waals surface area contributed by atoms with Crippen LogP contribution < -0.4 is 10.2 Å². The summed E-state index contributed by atoms with van der Waals surface area (Å²) in [4.78, 5) is 15.2. The Morgan fingerprint density at radius 1 is 1.29 bits per heavy atom. The predicted octanol–water partition coefficient (Wildman–Crippen LogP) is 1.30. The minimum Gasteiger partial charge on any atom is -0.378 e. The largest absolute Gasteiger partial charge is 0.378 e. The van der Waals surface area contributed by atoms with Crippen molar-refractivity contribution in [1.29, 1.82) is 0 Å². The van der Waals surface area contributed by atoms with Crippen molar-refractivity contribution in [1.82, 2.24) is 15.5 Å². The lowest BCUT2D eigenvalue weighted by molar-refractivity contribution is 0.0945. The molecule has 0 bridgehead atoms. The van der Waals surface area contributed by atoms with E-state index in [2.05, 4.69) is 20.4 Å². The highest BCUT2D eigenvalue weighted by Crippen LogP contribution is 2.12. The Labute approximate surface area is 126 Å². The summed E-state index contributed by atoms with van der Waals surface area (Å²) in [5, 5.41) is 13.0. The van der Waals surface area contributed by atoms with E-state index in [0.717, 1.165) is 23.8 Å². The monoisotopic (exact) mass is 304 g/mol. The Balaban J connectivity index is 1.59. The van der Waals surface area contributed by atoms with Crippen LogP contribution in [0.15, 0.2) is 29.6 Å². The third-order valence-electron chi connectivity index (χ3n) is 3.22. The Bertz CT molecular complexity index is 580. The van der Waals surface area contributed by atoms with E-state index in [9.17, 15) is 4.79 Å². The summed E-state index contributed by atoms with van der Waals surface area (Å²) in [5.41, 5.74) is 0.337. The van der Waals surface area contributed by atoms with E-state index >= 15 is 0 Å². The van der Waals surface area contributed by atoms with Crippen LogP contribution in [-0.4, -0.2) is 42.4 Å². The van der Waals surface area contributed by atoms with Crippen LogP contribution in [0.5, 0.6) is 0 Å². The van der Waals surface area contributed by atoms with Gasteiger partial charge < -0.3 is 15.0 Å². The number of hydrogen-bond acceptors (Lipinski definition) is 6. The minimum atomic E-state index is -0.204. The number of carbonyl (C=O) groups excluding carboxylic acids is 1. The molecule has 1 aliphatic rings. The summed E-state index contributed by atoms with van der Waals surface area (Å²) in [6.45, 7) is 3.52. The van der Waals surface area contributed by atoms with Crippen LogP contribution in [0.4, 0.5) is 5.82 Å². The molecule has 7 heteroatoms. The first kappa shape index (κ1) is 14.0. The van der Waals surface area contributed by atoms with Crippen LogP contribution in [0.1, 0.15) is 15.4 Å². The van der Waals surface area contributed by atoms with E-state index in [1.165, 1.54) is 0 Å². The number of amides is 1. The maximum absolute atomic E-state index is 12.0. The summed E-state index contributed by atoms with van der Waals surface area (Å²) in [6.07, 6.45) is 0. The van der Waals surface area contributed by atoms with Crippen LogP contribution in [0.3, 0.4) is 0 Å². The van der Waals surface area contributed by atoms with Gasteiger partial charge in [-0.25, -0.2) is 0 Å². The maximum atomic E-state index is 12.0. The van der Waals surface area contributed by atoms with Crippen LogP contribution in [0.25, 0.3) is 0 Å². The van der Waals surface area contributed by atoms with Gasteiger partial charge >= 0.3 is 0 Å². The van der Waals surface area contributed by atoms with Gasteiger partial charge in [0.05, 0.1) is 19.8 Å². The molecule has 2 aromatic heterocycles. The summed E-state index contributed by atoms with van der Waals surface area (Å²) in [5.74, 6) is 0.581. The van der Waals surface area contributed by atoms with Gasteiger partial charge in [-0.1, -0.05) is 6.07 Å². The molecule has 2 aromatic rings. The lowest BCUT2D eigenvalue weighted by atomic mass is 10.3. The number of nitrogens with one attached hydrogen (secondary N) is 1. The highest BCUT2D eigenvalue weighted by atomic mass is 32.1. The molecule has 0 unspecified atom stereocenters. The molecule has 1 aliphatic heterocycles. The Morgan fingerprint density at radius 2 is 2.14 bits per heavy atom. The van der Waals surface area contributed by atoms with Crippen molar-refractivity contribution in [2.24, 2.45) is 0 Å². The number of morpholine rings is 1. The molecule has 3 rings (SSSR count). The number of hydrogen-bond donors (Lipinski definition) is 1. The van der Waals surface area contributed by atoms with Gasteiger partial charge in [-0.15, -0.1) is 21.5 Å². The standard InChI is InChI=1S/C14H16N4O2S/c19-14(15-10-11-2-1-9-21-11)12-3-4-13(17-16-12)18-5-7-20-8-6-18/h1-4,9H,5-8,10H2,(H,15,19). The molecule has 0 atom stereocenters. The fraction of sp³-hybridized carbons (Fsp3) is 0.357. The molecule has 1 fully saturated rings. The molecule has 1 amide bonds.